The molecule has 3 N–H and O–H groups in total. The van der Waals surface area contributed by atoms with Crippen LogP contribution in [0.4, 0.5) is 0 Å². The van der Waals surface area contributed by atoms with Crippen LogP contribution in [-0.2, 0) is 6.54 Å². The quantitative estimate of drug-likeness (QED) is 0.614. The first-order valence-corrected chi connectivity index (χ1v) is 8.22. The molecule has 0 radical (unpaired) electrons. The molecule has 0 fully saturated rings. The molecule has 6 nitrogen and oxygen atoms in total. The Balaban J connectivity index is 1.70. The van der Waals surface area contributed by atoms with Crippen LogP contribution >= 0.6 is 15.9 Å². The molecule has 1 heterocycles. The summed E-state index contributed by atoms with van der Waals surface area (Å²) >= 11 is 3.39. The number of hydrogen-bond acceptors (Lipinski definition) is 4. The molecule has 0 saturated carbocycles. The van der Waals surface area contributed by atoms with Crippen LogP contribution < -0.4 is 15.4 Å². The van der Waals surface area contributed by atoms with E-state index < -0.39 is 0 Å². The number of aromatic nitrogens is 2. The summed E-state index contributed by atoms with van der Waals surface area (Å²) in [7, 11) is 1.58. The van der Waals surface area contributed by atoms with Gasteiger partial charge < -0.3 is 15.4 Å². The fraction of sp³-hybridized carbons (Fsp3) is 0.375. The van der Waals surface area contributed by atoms with Gasteiger partial charge in [0.15, 0.2) is 0 Å². The normalized spacial score (nSPS) is 10.6. The zero-order chi connectivity index (χ0) is 16.7. The van der Waals surface area contributed by atoms with Crippen LogP contribution in [0.3, 0.4) is 0 Å². The van der Waals surface area contributed by atoms with Gasteiger partial charge in [-0.3, -0.25) is 9.89 Å². The molecule has 0 atom stereocenters. The van der Waals surface area contributed by atoms with Gasteiger partial charge in [-0.25, -0.2) is 0 Å². The standard InChI is InChI=1S/C16H21BrN4O2/c1-11-12(10-20-21-11)9-18-6-3-7-19-16(22)14-8-13(23-2)4-5-15(14)17/h4-5,8,10,18H,3,6-7,9H2,1-2H3,(H,19,22)(H,20,21). The van der Waals surface area contributed by atoms with Crippen molar-refractivity contribution in [2.45, 2.75) is 19.9 Å². The minimum absolute atomic E-state index is 0.110. The highest BCUT2D eigenvalue weighted by molar-refractivity contribution is 9.10. The Morgan fingerprint density at radius 1 is 1.39 bits per heavy atom. The Bertz CT molecular complexity index is 657. The number of nitrogens with zero attached hydrogens (tertiary/aromatic N) is 1. The third kappa shape index (κ3) is 5.07. The molecule has 1 amide bonds. The molecule has 1 aromatic carbocycles. The smallest absolute Gasteiger partial charge is 0.252 e. The highest BCUT2D eigenvalue weighted by Crippen LogP contribution is 2.22. The van der Waals surface area contributed by atoms with Crippen LogP contribution in [0.1, 0.15) is 28.0 Å². The maximum absolute atomic E-state index is 12.2. The number of methoxy groups -OCH3 is 1. The maximum atomic E-state index is 12.2. The van der Waals surface area contributed by atoms with Crippen molar-refractivity contribution in [1.29, 1.82) is 0 Å². The average Bonchev–Trinajstić information content (AvgIpc) is 2.96. The van der Waals surface area contributed by atoms with Crippen molar-refractivity contribution in [3.05, 3.63) is 45.7 Å². The van der Waals surface area contributed by atoms with Crippen molar-refractivity contribution < 1.29 is 9.53 Å². The molecule has 0 unspecified atom stereocenters. The second-order valence-electron chi connectivity index (χ2n) is 5.15. The first-order valence-electron chi connectivity index (χ1n) is 7.43. The van der Waals surface area contributed by atoms with Crippen LogP contribution in [0, 0.1) is 6.92 Å². The number of amides is 1. The molecule has 0 aliphatic carbocycles. The van der Waals surface area contributed by atoms with Gasteiger partial charge in [0.2, 0.25) is 0 Å². The number of aromatic amines is 1. The second kappa shape index (κ2) is 8.69. The Hall–Kier alpha value is -1.86. The number of aryl methyl sites for hydroxylation is 1. The van der Waals surface area contributed by atoms with Crippen molar-refractivity contribution in [3.8, 4) is 5.75 Å². The Morgan fingerprint density at radius 3 is 2.91 bits per heavy atom. The number of hydrogen-bond donors (Lipinski definition) is 3. The highest BCUT2D eigenvalue weighted by atomic mass is 79.9. The van der Waals surface area contributed by atoms with Crippen LogP contribution in [-0.4, -0.2) is 36.3 Å². The van der Waals surface area contributed by atoms with Gasteiger partial charge in [-0.05, 0) is 54.0 Å². The third-order valence-electron chi connectivity index (χ3n) is 3.48. The molecule has 0 saturated heterocycles. The van der Waals surface area contributed by atoms with E-state index in [2.05, 4.69) is 36.8 Å². The van der Waals surface area contributed by atoms with E-state index in [9.17, 15) is 4.79 Å². The predicted octanol–water partition coefficient (Wildman–Crippen LogP) is 2.40. The average molecular weight is 381 g/mol. The molecular formula is C16H21BrN4O2. The van der Waals surface area contributed by atoms with E-state index in [1.807, 2.05) is 25.3 Å². The number of rotatable bonds is 8. The number of H-pyrrole nitrogens is 1. The van der Waals surface area contributed by atoms with Crippen LogP contribution in [0.2, 0.25) is 0 Å². The summed E-state index contributed by atoms with van der Waals surface area (Å²) in [5.41, 5.74) is 2.81. The van der Waals surface area contributed by atoms with E-state index in [1.165, 1.54) is 0 Å². The summed E-state index contributed by atoms with van der Waals surface area (Å²) < 4.78 is 5.90. The van der Waals surface area contributed by atoms with Crippen molar-refractivity contribution >= 4 is 21.8 Å². The molecular weight excluding hydrogens is 360 g/mol. The summed E-state index contributed by atoms with van der Waals surface area (Å²) in [6.45, 7) is 4.21. The fourth-order valence-electron chi connectivity index (χ4n) is 2.09. The highest BCUT2D eigenvalue weighted by Gasteiger charge is 2.10. The minimum atomic E-state index is -0.110. The molecule has 0 aliphatic rings. The molecule has 2 rings (SSSR count). The van der Waals surface area contributed by atoms with Gasteiger partial charge in [0, 0.05) is 28.8 Å². The Kier molecular flexibility index (Phi) is 6.61. The number of carbonyl (C=O) groups is 1. The molecule has 1 aromatic heterocycles. The van der Waals surface area contributed by atoms with Gasteiger partial charge in [0.05, 0.1) is 18.9 Å². The molecule has 0 bridgehead atoms. The summed E-state index contributed by atoms with van der Waals surface area (Å²) in [6, 6.07) is 5.34. The first kappa shape index (κ1) is 17.5. The lowest BCUT2D eigenvalue weighted by molar-refractivity contribution is 0.0952. The van der Waals surface area contributed by atoms with Gasteiger partial charge in [-0.15, -0.1) is 0 Å². The zero-order valence-electron chi connectivity index (χ0n) is 13.3. The summed E-state index contributed by atoms with van der Waals surface area (Å²) in [6.07, 6.45) is 2.68. The van der Waals surface area contributed by atoms with Crippen LogP contribution in [0.15, 0.2) is 28.9 Å². The van der Waals surface area contributed by atoms with Crippen LogP contribution in [0.5, 0.6) is 5.75 Å². The molecule has 23 heavy (non-hydrogen) atoms. The first-order chi connectivity index (χ1) is 11.1. The number of benzene rings is 1. The summed E-state index contributed by atoms with van der Waals surface area (Å²) in [4.78, 5) is 12.2. The number of ether oxygens (including phenoxy) is 1. The van der Waals surface area contributed by atoms with E-state index in [-0.39, 0.29) is 5.91 Å². The number of nitrogens with one attached hydrogen (secondary N) is 3. The molecule has 7 heteroatoms. The lowest BCUT2D eigenvalue weighted by Gasteiger charge is -2.09. The van der Waals surface area contributed by atoms with E-state index in [0.717, 1.165) is 35.2 Å². The van der Waals surface area contributed by atoms with E-state index in [1.54, 1.807) is 13.2 Å². The van der Waals surface area contributed by atoms with E-state index >= 15 is 0 Å². The zero-order valence-corrected chi connectivity index (χ0v) is 14.9. The lowest BCUT2D eigenvalue weighted by atomic mass is 10.2. The largest absolute Gasteiger partial charge is 0.497 e. The summed E-state index contributed by atoms with van der Waals surface area (Å²) in [5, 5.41) is 13.1. The maximum Gasteiger partial charge on any atom is 0.252 e. The van der Waals surface area contributed by atoms with Gasteiger partial charge >= 0.3 is 0 Å². The van der Waals surface area contributed by atoms with Crippen molar-refractivity contribution in [2.24, 2.45) is 0 Å². The molecule has 124 valence electrons. The summed E-state index contributed by atoms with van der Waals surface area (Å²) in [5.74, 6) is 0.553. The second-order valence-corrected chi connectivity index (χ2v) is 6.01. The van der Waals surface area contributed by atoms with E-state index in [0.29, 0.717) is 17.9 Å². The number of halogens is 1. The van der Waals surface area contributed by atoms with Gasteiger partial charge in [-0.1, -0.05) is 0 Å². The lowest BCUT2D eigenvalue weighted by Crippen LogP contribution is -2.27. The Labute approximate surface area is 144 Å². The number of carbonyl (C=O) groups excluding carboxylic acids is 1. The molecule has 0 spiro atoms. The Morgan fingerprint density at radius 2 is 2.22 bits per heavy atom. The van der Waals surface area contributed by atoms with Gasteiger partial charge in [0.1, 0.15) is 5.75 Å². The monoisotopic (exact) mass is 380 g/mol. The van der Waals surface area contributed by atoms with Crippen molar-refractivity contribution in [1.82, 2.24) is 20.8 Å². The fourth-order valence-corrected chi connectivity index (χ4v) is 2.52. The van der Waals surface area contributed by atoms with Crippen molar-refractivity contribution in [2.75, 3.05) is 20.2 Å². The predicted molar refractivity (Wildman–Crippen MR) is 92.7 cm³/mol. The third-order valence-corrected chi connectivity index (χ3v) is 4.18. The van der Waals surface area contributed by atoms with Crippen LogP contribution in [0.25, 0.3) is 0 Å². The van der Waals surface area contributed by atoms with E-state index in [4.69, 9.17) is 4.74 Å². The topological polar surface area (TPSA) is 79.0 Å². The van der Waals surface area contributed by atoms with Gasteiger partial charge in [-0.2, -0.15) is 5.10 Å². The molecule has 0 aliphatic heterocycles. The minimum Gasteiger partial charge on any atom is -0.497 e. The molecule has 2 aromatic rings. The van der Waals surface area contributed by atoms with Crippen molar-refractivity contribution in [3.63, 3.8) is 0 Å². The van der Waals surface area contributed by atoms with Gasteiger partial charge in [0.25, 0.3) is 5.91 Å². The SMILES string of the molecule is COc1ccc(Br)c(C(=O)NCCCNCc2cn[nH]c2C)c1.